The Morgan fingerprint density at radius 2 is 0.667 bits per heavy atom. The monoisotopic (exact) mass is 318 g/mol. The molecule has 126 valence electrons. The molecule has 8 aliphatic carbocycles. The van der Waals surface area contributed by atoms with Crippen LogP contribution >= 0.6 is 0 Å². The largest absolute Gasteiger partial charge is 0.0823 e. The highest BCUT2D eigenvalue weighted by atomic mass is 14.5. The zero-order valence-corrected chi connectivity index (χ0v) is 14.9. The molecule has 0 atom stereocenters. The zero-order valence-electron chi connectivity index (χ0n) is 14.9. The van der Waals surface area contributed by atoms with Gasteiger partial charge in [-0.05, 0) is 124 Å². The van der Waals surface area contributed by atoms with E-state index in [1.165, 1.54) is 77.0 Å². The minimum absolute atomic E-state index is 0.380. The SMILES string of the molecule is C(C#CC12CC3CC(CC(C3)C1)C2)#CC12CC3CC(CC(C3)C1)C2. The Bertz CT molecular complexity index is 542. The normalized spacial score (nSPS) is 55.7. The van der Waals surface area contributed by atoms with Gasteiger partial charge in [-0.1, -0.05) is 11.8 Å². The van der Waals surface area contributed by atoms with Gasteiger partial charge in [-0.2, -0.15) is 0 Å². The van der Waals surface area contributed by atoms with E-state index < -0.39 is 0 Å². The molecule has 0 aromatic rings. The van der Waals surface area contributed by atoms with Crippen LogP contribution in [0.15, 0.2) is 0 Å². The minimum atomic E-state index is 0.380. The zero-order chi connectivity index (χ0) is 15.8. The predicted molar refractivity (Wildman–Crippen MR) is 96.8 cm³/mol. The highest BCUT2D eigenvalue weighted by Gasteiger charge is 2.51. The number of hydrogen-bond acceptors (Lipinski definition) is 0. The van der Waals surface area contributed by atoms with E-state index in [1.54, 1.807) is 0 Å². The molecular weight excluding hydrogens is 288 g/mol. The van der Waals surface area contributed by atoms with Crippen LogP contribution in [0.1, 0.15) is 77.0 Å². The third kappa shape index (κ3) is 2.22. The molecule has 0 aliphatic heterocycles. The van der Waals surface area contributed by atoms with Crippen molar-refractivity contribution in [3.63, 3.8) is 0 Å². The molecule has 0 aromatic carbocycles. The van der Waals surface area contributed by atoms with Gasteiger partial charge in [-0.15, -0.1) is 0 Å². The Hall–Kier alpha value is -0.880. The summed E-state index contributed by atoms with van der Waals surface area (Å²) in [6.07, 6.45) is 17.4. The smallest absolute Gasteiger partial charge is 0.0332 e. The highest BCUT2D eigenvalue weighted by molar-refractivity contribution is 5.33. The lowest BCUT2D eigenvalue weighted by Gasteiger charge is -2.54. The van der Waals surface area contributed by atoms with Crippen LogP contribution in [0.25, 0.3) is 0 Å². The third-order valence-electron chi connectivity index (χ3n) is 8.79. The molecule has 0 radical (unpaired) electrons. The van der Waals surface area contributed by atoms with E-state index in [0.29, 0.717) is 10.8 Å². The lowest BCUT2D eigenvalue weighted by molar-refractivity contribution is -0.0185. The molecule has 8 bridgehead atoms. The Morgan fingerprint density at radius 3 is 0.917 bits per heavy atom. The van der Waals surface area contributed by atoms with Crippen molar-refractivity contribution in [1.82, 2.24) is 0 Å². The summed E-state index contributed by atoms with van der Waals surface area (Å²) in [6.45, 7) is 0. The molecule has 0 heterocycles. The van der Waals surface area contributed by atoms with Crippen LogP contribution in [0, 0.1) is 70.0 Å². The minimum Gasteiger partial charge on any atom is -0.0823 e. The third-order valence-corrected chi connectivity index (χ3v) is 8.79. The second kappa shape index (κ2) is 4.85. The standard InChI is InChI=1S/C24H30/c1(3-23-11-17-5-18(12-23)7-19(6-17)13-23)2-4-24-14-20-8-21(15-24)10-22(9-20)16-24/h17-22H,5-16H2. The van der Waals surface area contributed by atoms with Crippen molar-refractivity contribution in [3.05, 3.63) is 0 Å². The summed E-state index contributed by atoms with van der Waals surface area (Å²) in [6, 6.07) is 0. The molecule has 0 unspecified atom stereocenters. The van der Waals surface area contributed by atoms with Crippen molar-refractivity contribution in [2.75, 3.05) is 0 Å². The topological polar surface area (TPSA) is 0 Å². The van der Waals surface area contributed by atoms with E-state index in [4.69, 9.17) is 0 Å². The quantitative estimate of drug-likeness (QED) is 0.523. The van der Waals surface area contributed by atoms with E-state index in [1.807, 2.05) is 0 Å². The van der Waals surface area contributed by atoms with Crippen molar-refractivity contribution in [3.8, 4) is 23.7 Å². The van der Waals surface area contributed by atoms with Crippen molar-refractivity contribution >= 4 is 0 Å². The molecule has 0 N–H and O–H groups in total. The van der Waals surface area contributed by atoms with E-state index in [-0.39, 0.29) is 0 Å². The van der Waals surface area contributed by atoms with E-state index in [2.05, 4.69) is 23.7 Å². The van der Waals surface area contributed by atoms with E-state index in [9.17, 15) is 0 Å². The first-order chi connectivity index (χ1) is 11.7. The van der Waals surface area contributed by atoms with Crippen molar-refractivity contribution < 1.29 is 0 Å². The summed E-state index contributed by atoms with van der Waals surface area (Å²) in [4.78, 5) is 0. The molecule has 0 saturated heterocycles. The molecule has 8 rings (SSSR count). The van der Waals surface area contributed by atoms with Gasteiger partial charge < -0.3 is 0 Å². The van der Waals surface area contributed by atoms with Gasteiger partial charge in [0.2, 0.25) is 0 Å². The van der Waals surface area contributed by atoms with Crippen molar-refractivity contribution in [1.29, 1.82) is 0 Å². The maximum Gasteiger partial charge on any atom is 0.0332 e. The van der Waals surface area contributed by atoms with Crippen LogP contribution in [0.2, 0.25) is 0 Å². The summed E-state index contributed by atoms with van der Waals surface area (Å²) in [5.74, 6) is 20.3. The van der Waals surface area contributed by atoms with Crippen LogP contribution in [-0.4, -0.2) is 0 Å². The molecule has 0 aromatic heterocycles. The first kappa shape index (κ1) is 14.3. The van der Waals surface area contributed by atoms with Crippen LogP contribution in [0.5, 0.6) is 0 Å². The first-order valence-corrected chi connectivity index (χ1v) is 10.7. The fourth-order valence-electron chi connectivity index (χ4n) is 8.86. The highest BCUT2D eigenvalue weighted by Crippen LogP contribution is 2.60. The van der Waals surface area contributed by atoms with Crippen molar-refractivity contribution in [2.45, 2.75) is 77.0 Å². The molecule has 0 spiro atoms. The van der Waals surface area contributed by atoms with E-state index in [0.717, 1.165) is 35.5 Å². The Kier molecular flexibility index (Phi) is 2.89. The molecular formula is C24H30. The fraction of sp³-hybridized carbons (Fsp3) is 0.833. The van der Waals surface area contributed by atoms with Gasteiger partial charge in [0.1, 0.15) is 0 Å². The maximum atomic E-state index is 3.74. The molecule has 8 fully saturated rings. The van der Waals surface area contributed by atoms with Gasteiger partial charge in [0.05, 0.1) is 0 Å². The van der Waals surface area contributed by atoms with Gasteiger partial charge in [0.15, 0.2) is 0 Å². The van der Waals surface area contributed by atoms with Crippen LogP contribution in [-0.2, 0) is 0 Å². The number of rotatable bonds is 0. The summed E-state index contributed by atoms with van der Waals surface area (Å²) >= 11 is 0. The van der Waals surface area contributed by atoms with Crippen molar-refractivity contribution in [2.24, 2.45) is 46.3 Å². The molecule has 8 aliphatic rings. The average Bonchev–Trinajstić information content (AvgIpc) is 2.49. The summed E-state index contributed by atoms with van der Waals surface area (Å²) in [5.41, 5.74) is 0.760. The van der Waals surface area contributed by atoms with Crippen LogP contribution in [0.3, 0.4) is 0 Å². The van der Waals surface area contributed by atoms with Gasteiger partial charge in [0, 0.05) is 10.8 Å². The Morgan fingerprint density at radius 1 is 0.417 bits per heavy atom. The van der Waals surface area contributed by atoms with Gasteiger partial charge in [-0.25, -0.2) is 0 Å². The summed E-state index contributed by atoms with van der Waals surface area (Å²) < 4.78 is 0. The second-order valence-electron chi connectivity index (χ2n) is 10.9. The summed E-state index contributed by atoms with van der Waals surface area (Å²) in [5, 5.41) is 0. The second-order valence-corrected chi connectivity index (χ2v) is 10.9. The molecule has 24 heavy (non-hydrogen) atoms. The Labute approximate surface area is 147 Å². The predicted octanol–water partition coefficient (Wildman–Crippen LogP) is 5.43. The van der Waals surface area contributed by atoms with Gasteiger partial charge in [-0.3, -0.25) is 0 Å². The van der Waals surface area contributed by atoms with E-state index >= 15 is 0 Å². The number of hydrogen-bond donors (Lipinski definition) is 0. The van der Waals surface area contributed by atoms with Crippen LogP contribution in [0.4, 0.5) is 0 Å². The fourth-order valence-corrected chi connectivity index (χ4v) is 8.86. The summed E-state index contributed by atoms with van der Waals surface area (Å²) in [7, 11) is 0. The van der Waals surface area contributed by atoms with Gasteiger partial charge in [0.25, 0.3) is 0 Å². The molecule has 0 nitrogen and oxygen atoms in total. The van der Waals surface area contributed by atoms with Gasteiger partial charge >= 0.3 is 0 Å². The first-order valence-electron chi connectivity index (χ1n) is 10.7. The molecule has 0 amide bonds. The lowest BCUT2D eigenvalue weighted by atomic mass is 9.50. The lowest BCUT2D eigenvalue weighted by Crippen LogP contribution is -2.45. The molecule has 8 saturated carbocycles. The molecule has 0 heteroatoms. The average molecular weight is 319 g/mol. The maximum absolute atomic E-state index is 3.74. The van der Waals surface area contributed by atoms with Crippen LogP contribution < -0.4 is 0 Å². The Balaban J connectivity index is 1.23.